The zero-order valence-electron chi connectivity index (χ0n) is 18.3. The summed E-state index contributed by atoms with van der Waals surface area (Å²) in [6.07, 6.45) is -2.48. The van der Waals surface area contributed by atoms with E-state index >= 15 is 0 Å². The molecule has 2 aromatic carbocycles. The van der Waals surface area contributed by atoms with E-state index in [1.807, 2.05) is 36.4 Å². The molecule has 1 amide bonds. The molecule has 176 valence electrons. The number of ether oxygens (including phenoxy) is 1. The Morgan fingerprint density at radius 1 is 1.09 bits per heavy atom. The molecule has 0 saturated carbocycles. The van der Waals surface area contributed by atoms with Crippen LogP contribution in [0, 0.1) is 5.92 Å². The number of furan rings is 1. The highest BCUT2D eigenvalue weighted by Crippen LogP contribution is 2.52. The summed E-state index contributed by atoms with van der Waals surface area (Å²) >= 11 is 0. The van der Waals surface area contributed by atoms with Crippen molar-refractivity contribution in [2.45, 2.75) is 31.0 Å². The predicted octanol–water partition coefficient (Wildman–Crippen LogP) is 4.68. The lowest BCUT2D eigenvalue weighted by Gasteiger charge is -2.22. The van der Waals surface area contributed by atoms with Crippen LogP contribution in [0.4, 0.5) is 18.9 Å². The van der Waals surface area contributed by atoms with Crippen molar-refractivity contribution in [2.75, 3.05) is 24.6 Å². The van der Waals surface area contributed by atoms with Gasteiger partial charge in [-0.05, 0) is 67.2 Å². The van der Waals surface area contributed by atoms with Gasteiger partial charge in [0.15, 0.2) is 0 Å². The summed E-state index contributed by atoms with van der Waals surface area (Å²) < 4.78 is 50.1. The average Bonchev–Trinajstić information content (AvgIpc) is 3.59. The van der Waals surface area contributed by atoms with E-state index < -0.39 is 17.4 Å². The molecule has 3 aromatic rings. The molecule has 6 rings (SSSR count). The fraction of sp³-hybridized carbons (Fsp3) is 0.346. The number of carbonyl (C=O) groups is 1. The van der Waals surface area contributed by atoms with Crippen LogP contribution >= 0.6 is 0 Å². The lowest BCUT2D eigenvalue weighted by molar-refractivity contribution is -0.153. The number of amides is 1. The van der Waals surface area contributed by atoms with Gasteiger partial charge in [0.25, 0.3) is 0 Å². The van der Waals surface area contributed by atoms with Crippen LogP contribution in [-0.2, 0) is 29.4 Å². The maximum atomic E-state index is 13.9. The van der Waals surface area contributed by atoms with Gasteiger partial charge in [0.1, 0.15) is 23.5 Å². The van der Waals surface area contributed by atoms with Crippen molar-refractivity contribution in [1.82, 2.24) is 5.32 Å². The van der Waals surface area contributed by atoms with Crippen molar-refractivity contribution in [3.8, 4) is 5.75 Å². The maximum absolute atomic E-state index is 13.9. The van der Waals surface area contributed by atoms with Crippen LogP contribution in [-0.4, -0.2) is 25.6 Å². The van der Waals surface area contributed by atoms with Gasteiger partial charge in [0, 0.05) is 11.3 Å². The lowest BCUT2D eigenvalue weighted by atomic mass is 9.77. The topological polar surface area (TPSA) is 54.7 Å². The number of hydrogen-bond donors (Lipinski definition) is 1. The fourth-order valence-corrected chi connectivity index (χ4v) is 5.50. The third kappa shape index (κ3) is 3.23. The third-order valence-electron chi connectivity index (χ3n) is 7.16. The van der Waals surface area contributed by atoms with Crippen molar-refractivity contribution in [2.24, 2.45) is 5.92 Å². The van der Waals surface area contributed by atoms with Crippen LogP contribution in [0.3, 0.4) is 0 Å². The number of halogens is 3. The van der Waals surface area contributed by atoms with E-state index in [4.69, 9.17) is 9.15 Å². The van der Waals surface area contributed by atoms with Crippen LogP contribution in [0.1, 0.15) is 34.6 Å². The zero-order valence-corrected chi connectivity index (χ0v) is 18.3. The van der Waals surface area contributed by atoms with Crippen molar-refractivity contribution in [1.29, 1.82) is 0 Å². The molecule has 1 spiro atoms. The number of carbonyl (C=O) groups excluding carboxylic acids is 1. The lowest BCUT2D eigenvalue weighted by Crippen LogP contribution is -2.42. The average molecular weight is 468 g/mol. The summed E-state index contributed by atoms with van der Waals surface area (Å²) in [6, 6.07) is 15.6. The van der Waals surface area contributed by atoms with E-state index in [1.165, 1.54) is 16.5 Å². The summed E-state index contributed by atoms with van der Waals surface area (Å²) in [6.45, 7) is 2.12. The van der Waals surface area contributed by atoms with Crippen LogP contribution in [0.15, 0.2) is 59.0 Å². The smallest absolute Gasteiger partial charge is 0.449 e. The molecule has 2 atom stereocenters. The monoisotopic (exact) mass is 468 g/mol. The van der Waals surface area contributed by atoms with Crippen molar-refractivity contribution < 1.29 is 27.1 Å². The van der Waals surface area contributed by atoms with E-state index in [0.717, 1.165) is 43.1 Å². The van der Waals surface area contributed by atoms with Crippen LogP contribution in [0.25, 0.3) is 0 Å². The Balaban J connectivity index is 1.35. The number of hydrogen-bond acceptors (Lipinski definition) is 4. The molecule has 1 unspecified atom stereocenters. The highest BCUT2D eigenvalue weighted by molar-refractivity contribution is 6.11. The first kappa shape index (κ1) is 21.3. The number of rotatable bonds is 4. The summed E-state index contributed by atoms with van der Waals surface area (Å²) in [5, 5.41) is 3.38. The van der Waals surface area contributed by atoms with Gasteiger partial charge in [-0.2, -0.15) is 13.2 Å². The SMILES string of the molecule is O=C1N(Cc2ccc(C(F)(F)F)o2)c2ccccc2C12COc1cc(C[C@@H]3CCNC3)ccc12. The normalized spacial score (nSPS) is 23.4. The molecular formula is C26H23F3N2O3. The molecule has 4 heterocycles. The molecule has 5 nitrogen and oxygen atoms in total. The number of benzene rings is 2. The number of alkyl halides is 3. The van der Waals surface area contributed by atoms with E-state index in [1.54, 1.807) is 0 Å². The standard InChI is InChI=1S/C26H23F3N2O3/c27-26(28,29)23-8-6-18(34-23)14-31-21-4-2-1-3-19(21)25(24(31)32)15-33-22-12-16(5-7-20(22)25)11-17-9-10-30-13-17/h1-8,12,17,30H,9-11,13-15H2/t17-,25?/m0/s1. The van der Waals surface area contributed by atoms with Crippen molar-refractivity contribution >= 4 is 11.6 Å². The van der Waals surface area contributed by atoms with E-state index in [-0.39, 0.29) is 24.8 Å². The van der Waals surface area contributed by atoms with E-state index in [2.05, 4.69) is 11.4 Å². The highest BCUT2D eigenvalue weighted by Gasteiger charge is 2.57. The molecule has 3 aliphatic rings. The minimum Gasteiger partial charge on any atom is -0.491 e. The van der Waals surface area contributed by atoms with Crippen molar-refractivity contribution in [3.63, 3.8) is 0 Å². The molecule has 1 saturated heterocycles. The van der Waals surface area contributed by atoms with Crippen LogP contribution in [0.5, 0.6) is 5.75 Å². The second kappa shape index (κ2) is 7.63. The summed E-state index contributed by atoms with van der Waals surface area (Å²) in [5.74, 6) is 0.0764. The first-order valence-electron chi connectivity index (χ1n) is 11.4. The minimum absolute atomic E-state index is 0.0761. The number of nitrogens with one attached hydrogen (secondary N) is 1. The largest absolute Gasteiger partial charge is 0.491 e. The minimum atomic E-state index is -4.57. The molecule has 1 fully saturated rings. The maximum Gasteiger partial charge on any atom is 0.449 e. The summed E-state index contributed by atoms with van der Waals surface area (Å²) in [4.78, 5) is 15.4. The summed E-state index contributed by atoms with van der Waals surface area (Å²) in [5.41, 5.74) is 2.43. The highest BCUT2D eigenvalue weighted by atomic mass is 19.4. The van der Waals surface area contributed by atoms with Gasteiger partial charge in [0.05, 0.1) is 6.54 Å². The molecule has 0 aliphatic carbocycles. The Bertz CT molecular complexity index is 1260. The van der Waals surface area contributed by atoms with Gasteiger partial charge in [-0.1, -0.05) is 30.3 Å². The number of para-hydroxylation sites is 1. The fourth-order valence-electron chi connectivity index (χ4n) is 5.50. The molecule has 0 radical (unpaired) electrons. The Morgan fingerprint density at radius 3 is 2.71 bits per heavy atom. The van der Waals surface area contributed by atoms with Crippen LogP contribution in [0.2, 0.25) is 0 Å². The first-order chi connectivity index (χ1) is 16.4. The van der Waals surface area contributed by atoms with Gasteiger partial charge in [-0.15, -0.1) is 0 Å². The van der Waals surface area contributed by atoms with Crippen molar-refractivity contribution in [3.05, 3.63) is 82.8 Å². The van der Waals surface area contributed by atoms with Gasteiger partial charge in [-0.3, -0.25) is 4.79 Å². The third-order valence-corrected chi connectivity index (χ3v) is 7.16. The van der Waals surface area contributed by atoms with Gasteiger partial charge in [0.2, 0.25) is 11.7 Å². The van der Waals surface area contributed by atoms with Gasteiger partial charge < -0.3 is 19.4 Å². The molecule has 0 bridgehead atoms. The zero-order chi connectivity index (χ0) is 23.5. The van der Waals surface area contributed by atoms with Gasteiger partial charge in [-0.25, -0.2) is 0 Å². The molecule has 34 heavy (non-hydrogen) atoms. The Kier molecular flexibility index (Phi) is 4.78. The molecule has 1 N–H and O–H groups in total. The molecule has 1 aromatic heterocycles. The number of nitrogens with zero attached hydrogens (tertiary/aromatic N) is 1. The molecule has 3 aliphatic heterocycles. The Labute approximate surface area is 194 Å². The molecule has 8 heteroatoms. The van der Waals surface area contributed by atoms with E-state index in [9.17, 15) is 18.0 Å². The number of fused-ring (bicyclic) bond motifs is 4. The van der Waals surface area contributed by atoms with Crippen LogP contribution < -0.4 is 15.0 Å². The molecular weight excluding hydrogens is 445 g/mol. The predicted molar refractivity (Wildman–Crippen MR) is 119 cm³/mol. The summed E-state index contributed by atoms with van der Waals surface area (Å²) in [7, 11) is 0. The quantitative estimate of drug-likeness (QED) is 0.605. The van der Waals surface area contributed by atoms with E-state index in [0.29, 0.717) is 17.4 Å². The Hall–Kier alpha value is -3.26. The first-order valence-corrected chi connectivity index (χ1v) is 11.4. The van der Waals surface area contributed by atoms with Gasteiger partial charge >= 0.3 is 6.18 Å². The Morgan fingerprint density at radius 2 is 1.94 bits per heavy atom. The number of anilines is 1. The second-order valence-electron chi connectivity index (χ2n) is 9.26. The second-order valence-corrected chi connectivity index (χ2v) is 9.26.